The predicted molar refractivity (Wildman–Crippen MR) is 45.7 cm³/mol. The third-order valence-corrected chi connectivity index (χ3v) is 4.03. The first-order valence-electron chi connectivity index (χ1n) is 4.18. The summed E-state index contributed by atoms with van der Waals surface area (Å²) >= 11 is 0. The Morgan fingerprint density at radius 1 is 1.58 bits per heavy atom. The third kappa shape index (κ3) is 2.53. The number of rotatable bonds is 5. The highest BCUT2D eigenvalue weighted by atomic mass is 28.4. The summed E-state index contributed by atoms with van der Waals surface area (Å²) in [4.78, 5) is 0. The Morgan fingerprint density at radius 2 is 2.25 bits per heavy atom. The zero-order valence-corrected chi connectivity index (χ0v) is 8.83. The van der Waals surface area contributed by atoms with Gasteiger partial charge < -0.3 is 18.0 Å². The van der Waals surface area contributed by atoms with Crippen LogP contribution in [0.4, 0.5) is 0 Å². The van der Waals surface area contributed by atoms with E-state index in [0.29, 0.717) is 6.61 Å². The van der Waals surface area contributed by atoms with Gasteiger partial charge in [0.05, 0.1) is 6.61 Å². The molecular weight excluding hydrogens is 176 g/mol. The van der Waals surface area contributed by atoms with E-state index in [2.05, 4.69) is 0 Å². The molecule has 12 heavy (non-hydrogen) atoms. The fourth-order valence-corrected chi connectivity index (χ4v) is 2.42. The Balaban J connectivity index is 2.30. The van der Waals surface area contributed by atoms with Crippen LogP contribution in [0.3, 0.4) is 0 Å². The van der Waals surface area contributed by atoms with Crippen molar-refractivity contribution in [3.63, 3.8) is 0 Å². The molecule has 0 saturated carbocycles. The van der Waals surface area contributed by atoms with Crippen LogP contribution in [0, 0.1) is 0 Å². The van der Waals surface area contributed by atoms with Crippen molar-refractivity contribution in [1.29, 1.82) is 0 Å². The lowest BCUT2D eigenvalue weighted by Gasteiger charge is -2.33. The SMILES string of the molecule is CCO[Si](C)(OC)OC1CCO1. The second-order valence-corrected chi connectivity index (χ2v) is 5.36. The molecule has 2 atom stereocenters. The first-order chi connectivity index (χ1) is 5.70. The van der Waals surface area contributed by atoms with E-state index in [9.17, 15) is 0 Å². The molecule has 0 amide bonds. The molecule has 0 bridgehead atoms. The van der Waals surface area contributed by atoms with Crippen molar-refractivity contribution < 1.29 is 18.0 Å². The van der Waals surface area contributed by atoms with Crippen LogP contribution < -0.4 is 0 Å². The van der Waals surface area contributed by atoms with Crippen LogP contribution in [0.1, 0.15) is 13.3 Å². The fraction of sp³-hybridized carbons (Fsp3) is 1.00. The summed E-state index contributed by atoms with van der Waals surface area (Å²) in [7, 11) is -0.770. The Labute approximate surface area is 74.1 Å². The Hall–Kier alpha value is 0.0569. The third-order valence-electron chi connectivity index (χ3n) is 1.78. The van der Waals surface area contributed by atoms with Crippen LogP contribution in [-0.2, 0) is 18.0 Å². The van der Waals surface area contributed by atoms with Crippen molar-refractivity contribution in [2.45, 2.75) is 26.2 Å². The molecular formula is C7H16O4Si. The van der Waals surface area contributed by atoms with Gasteiger partial charge in [0.2, 0.25) is 0 Å². The van der Waals surface area contributed by atoms with E-state index >= 15 is 0 Å². The first-order valence-corrected chi connectivity index (χ1v) is 6.41. The van der Waals surface area contributed by atoms with Gasteiger partial charge in [-0.25, -0.2) is 0 Å². The van der Waals surface area contributed by atoms with Crippen LogP contribution in [0.5, 0.6) is 0 Å². The second-order valence-electron chi connectivity index (χ2n) is 2.71. The highest BCUT2D eigenvalue weighted by molar-refractivity contribution is 6.59. The summed E-state index contributed by atoms with van der Waals surface area (Å²) in [6.07, 6.45) is 0.840. The van der Waals surface area contributed by atoms with Gasteiger partial charge in [0, 0.05) is 26.7 Å². The van der Waals surface area contributed by atoms with E-state index < -0.39 is 8.80 Å². The molecule has 72 valence electrons. The predicted octanol–water partition coefficient (Wildman–Crippen LogP) is 1.00. The van der Waals surface area contributed by atoms with Gasteiger partial charge in [-0.2, -0.15) is 0 Å². The van der Waals surface area contributed by atoms with Gasteiger partial charge in [0.15, 0.2) is 6.29 Å². The minimum absolute atomic E-state index is 0.104. The van der Waals surface area contributed by atoms with E-state index in [1.807, 2.05) is 13.5 Å². The number of ether oxygens (including phenoxy) is 1. The fourth-order valence-electron chi connectivity index (χ4n) is 0.949. The van der Waals surface area contributed by atoms with Gasteiger partial charge in [-0.05, 0) is 6.92 Å². The highest BCUT2D eigenvalue weighted by Gasteiger charge is 2.38. The lowest BCUT2D eigenvalue weighted by molar-refractivity contribution is -0.189. The highest BCUT2D eigenvalue weighted by Crippen LogP contribution is 2.19. The van der Waals surface area contributed by atoms with Crippen molar-refractivity contribution in [3.8, 4) is 0 Å². The summed E-state index contributed by atoms with van der Waals surface area (Å²) in [6.45, 7) is 5.20. The molecule has 2 unspecified atom stereocenters. The summed E-state index contributed by atoms with van der Waals surface area (Å²) in [5.74, 6) is 0. The van der Waals surface area contributed by atoms with E-state index in [0.717, 1.165) is 13.0 Å². The van der Waals surface area contributed by atoms with E-state index in [-0.39, 0.29) is 6.29 Å². The molecule has 0 aromatic heterocycles. The van der Waals surface area contributed by atoms with Crippen LogP contribution in [0.15, 0.2) is 0 Å². The van der Waals surface area contributed by atoms with Gasteiger partial charge in [0.25, 0.3) is 0 Å². The molecule has 1 aliphatic heterocycles. The van der Waals surface area contributed by atoms with Crippen molar-refractivity contribution >= 4 is 8.80 Å². The first kappa shape index (κ1) is 10.1. The van der Waals surface area contributed by atoms with Crippen LogP contribution in [-0.4, -0.2) is 35.4 Å². The van der Waals surface area contributed by atoms with E-state index in [1.165, 1.54) is 0 Å². The summed E-state index contributed by atoms with van der Waals surface area (Å²) in [5, 5.41) is 0. The molecule has 0 N–H and O–H groups in total. The molecule has 0 radical (unpaired) electrons. The summed E-state index contributed by atoms with van der Waals surface area (Å²) in [6, 6.07) is 0. The summed E-state index contributed by atoms with van der Waals surface area (Å²) in [5.41, 5.74) is 0. The van der Waals surface area contributed by atoms with Gasteiger partial charge in [-0.15, -0.1) is 0 Å². The van der Waals surface area contributed by atoms with Crippen molar-refractivity contribution in [1.82, 2.24) is 0 Å². The molecule has 0 aromatic carbocycles. The smallest absolute Gasteiger partial charge is 0.377 e. The van der Waals surface area contributed by atoms with Crippen LogP contribution in [0.2, 0.25) is 6.55 Å². The Bertz CT molecular complexity index is 139. The largest absolute Gasteiger partial charge is 0.499 e. The zero-order chi connectivity index (χ0) is 9.03. The van der Waals surface area contributed by atoms with Crippen molar-refractivity contribution in [2.24, 2.45) is 0 Å². The molecule has 1 fully saturated rings. The molecule has 1 aliphatic rings. The normalized spacial score (nSPS) is 27.8. The quantitative estimate of drug-likeness (QED) is 0.609. The van der Waals surface area contributed by atoms with Crippen molar-refractivity contribution in [3.05, 3.63) is 0 Å². The molecule has 0 spiro atoms. The minimum Gasteiger partial charge on any atom is -0.377 e. The maximum absolute atomic E-state index is 5.54. The lowest BCUT2D eigenvalue weighted by Crippen LogP contribution is -2.48. The maximum atomic E-state index is 5.54. The van der Waals surface area contributed by atoms with Crippen LogP contribution in [0.25, 0.3) is 0 Å². The van der Waals surface area contributed by atoms with Gasteiger partial charge in [0.1, 0.15) is 0 Å². The van der Waals surface area contributed by atoms with Crippen LogP contribution >= 0.6 is 0 Å². The van der Waals surface area contributed by atoms with Gasteiger partial charge in [-0.1, -0.05) is 0 Å². The molecule has 1 saturated heterocycles. The van der Waals surface area contributed by atoms with Gasteiger partial charge in [-0.3, -0.25) is 0 Å². The Morgan fingerprint density at radius 3 is 2.58 bits per heavy atom. The standard InChI is InChI=1S/C7H16O4Si/c1-4-10-12(3,8-2)11-7-5-6-9-7/h7H,4-6H2,1-3H3. The average molecular weight is 192 g/mol. The van der Waals surface area contributed by atoms with E-state index in [4.69, 9.17) is 18.0 Å². The zero-order valence-electron chi connectivity index (χ0n) is 7.83. The molecule has 1 heterocycles. The minimum atomic E-state index is -2.38. The molecule has 0 aromatic rings. The average Bonchev–Trinajstić information content (AvgIpc) is 1.98. The summed E-state index contributed by atoms with van der Waals surface area (Å²) < 4.78 is 21.3. The second kappa shape index (κ2) is 4.34. The lowest BCUT2D eigenvalue weighted by atomic mass is 10.4. The topological polar surface area (TPSA) is 36.9 Å². The molecule has 5 heteroatoms. The number of hydrogen-bond donors (Lipinski definition) is 0. The van der Waals surface area contributed by atoms with E-state index in [1.54, 1.807) is 7.11 Å². The Kier molecular flexibility index (Phi) is 3.67. The van der Waals surface area contributed by atoms with Crippen molar-refractivity contribution in [2.75, 3.05) is 20.3 Å². The molecule has 1 rings (SSSR count). The molecule has 0 aliphatic carbocycles. The number of hydrogen-bond acceptors (Lipinski definition) is 4. The monoisotopic (exact) mass is 192 g/mol. The maximum Gasteiger partial charge on any atom is 0.499 e. The molecule has 4 nitrogen and oxygen atoms in total. The van der Waals surface area contributed by atoms with Gasteiger partial charge >= 0.3 is 8.80 Å².